The van der Waals surface area contributed by atoms with Crippen LogP contribution in [-0.4, -0.2) is 10.8 Å². The van der Waals surface area contributed by atoms with E-state index in [0.717, 1.165) is 29.1 Å². The number of rotatable bonds is 1. The summed E-state index contributed by atoms with van der Waals surface area (Å²) in [6.45, 7) is 0. The van der Waals surface area contributed by atoms with E-state index in [1.165, 1.54) is 4.88 Å². The first-order valence-corrected chi connectivity index (χ1v) is 6.66. The number of nitrogens with zero attached hydrogens (tertiary/aromatic N) is 1. The fourth-order valence-electron chi connectivity index (χ4n) is 1.78. The third-order valence-electron chi connectivity index (χ3n) is 2.54. The Hall–Kier alpha value is -1.00. The summed E-state index contributed by atoms with van der Waals surface area (Å²) in [7, 11) is 0. The van der Waals surface area contributed by atoms with Crippen molar-refractivity contribution in [3.05, 3.63) is 27.4 Å². The summed E-state index contributed by atoms with van der Waals surface area (Å²) in [6.07, 6.45) is 2.67. The summed E-state index contributed by atoms with van der Waals surface area (Å²) in [6, 6.07) is 2.05. The number of aromatic nitrogens is 1. The number of fused-ring (bicyclic) bond motifs is 1. The van der Waals surface area contributed by atoms with Gasteiger partial charge >= 0.3 is 0 Å². The first-order chi connectivity index (χ1) is 7.34. The molecule has 0 aromatic carbocycles. The fraction of sp³-hybridized carbons (Fsp3) is 0.273. The maximum Gasteiger partial charge on any atom is 0.182 e. The van der Waals surface area contributed by atoms with Crippen molar-refractivity contribution in [2.24, 2.45) is 0 Å². The summed E-state index contributed by atoms with van der Waals surface area (Å²) in [5.74, 6) is 0.217. The van der Waals surface area contributed by atoms with Gasteiger partial charge in [-0.25, -0.2) is 4.98 Å². The van der Waals surface area contributed by atoms with Crippen molar-refractivity contribution in [3.63, 3.8) is 0 Å². The number of thiazole rings is 1. The maximum absolute atomic E-state index is 11.6. The smallest absolute Gasteiger partial charge is 0.182 e. The monoisotopic (exact) mass is 235 g/mol. The van der Waals surface area contributed by atoms with Crippen molar-refractivity contribution in [2.75, 3.05) is 0 Å². The normalized spacial score (nSPS) is 15.3. The van der Waals surface area contributed by atoms with Crippen LogP contribution in [0.2, 0.25) is 0 Å². The molecule has 0 bridgehead atoms. The van der Waals surface area contributed by atoms with Crippen LogP contribution in [0, 0.1) is 0 Å². The van der Waals surface area contributed by atoms with Crippen molar-refractivity contribution in [1.29, 1.82) is 0 Å². The minimum Gasteiger partial charge on any atom is -0.292 e. The topological polar surface area (TPSA) is 30.0 Å². The van der Waals surface area contributed by atoms with Gasteiger partial charge in [0, 0.05) is 22.2 Å². The highest BCUT2D eigenvalue weighted by atomic mass is 32.1. The van der Waals surface area contributed by atoms with Crippen LogP contribution in [0.25, 0.3) is 10.6 Å². The van der Waals surface area contributed by atoms with Crippen molar-refractivity contribution in [1.82, 2.24) is 4.98 Å². The average Bonchev–Trinajstić information content (AvgIpc) is 2.86. The van der Waals surface area contributed by atoms with Crippen LogP contribution < -0.4 is 0 Å². The maximum atomic E-state index is 11.6. The van der Waals surface area contributed by atoms with Crippen molar-refractivity contribution in [3.8, 4) is 10.6 Å². The zero-order valence-corrected chi connectivity index (χ0v) is 9.66. The van der Waals surface area contributed by atoms with E-state index in [1.54, 1.807) is 22.7 Å². The first kappa shape index (κ1) is 9.24. The number of Topliss-reactive ketones (excluding diaryl/α,β-unsaturated/α-hetero) is 1. The van der Waals surface area contributed by atoms with E-state index in [0.29, 0.717) is 6.42 Å². The Kier molecular flexibility index (Phi) is 2.18. The Morgan fingerprint density at radius 3 is 3.00 bits per heavy atom. The molecule has 15 heavy (non-hydrogen) atoms. The van der Waals surface area contributed by atoms with Gasteiger partial charge < -0.3 is 0 Å². The number of thiophene rings is 1. The molecule has 2 nitrogen and oxygen atoms in total. The summed E-state index contributed by atoms with van der Waals surface area (Å²) >= 11 is 3.33. The van der Waals surface area contributed by atoms with Gasteiger partial charge in [-0.15, -0.1) is 11.3 Å². The van der Waals surface area contributed by atoms with Gasteiger partial charge in [-0.1, -0.05) is 0 Å². The van der Waals surface area contributed by atoms with Crippen molar-refractivity contribution < 1.29 is 4.79 Å². The lowest BCUT2D eigenvalue weighted by atomic mass is 10.0. The van der Waals surface area contributed by atoms with Crippen molar-refractivity contribution >= 4 is 28.5 Å². The molecular formula is C11H9NOS2. The highest BCUT2D eigenvalue weighted by molar-refractivity contribution is 7.16. The van der Waals surface area contributed by atoms with Gasteiger partial charge in [0.2, 0.25) is 0 Å². The zero-order chi connectivity index (χ0) is 10.3. The Balaban J connectivity index is 2.09. The van der Waals surface area contributed by atoms with Gasteiger partial charge in [0.25, 0.3) is 0 Å². The molecule has 3 rings (SSSR count). The molecular weight excluding hydrogens is 226 g/mol. The number of carbonyl (C=O) groups excluding carboxylic acids is 1. The van der Waals surface area contributed by atoms with Crippen LogP contribution in [0.4, 0.5) is 0 Å². The Morgan fingerprint density at radius 2 is 2.27 bits per heavy atom. The predicted molar refractivity (Wildman–Crippen MR) is 62.7 cm³/mol. The fourth-order valence-corrected chi connectivity index (χ4v) is 3.61. The molecule has 4 heteroatoms. The molecule has 0 saturated carbocycles. The largest absolute Gasteiger partial charge is 0.292 e. The second-order valence-corrected chi connectivity index (χ2v) is 5.44. The minimum absolute atomic E-state index is 0.217. The molecule has 1 aliphatic carbocycles. The third-order valence-corrected chi connectivity index (χ3v) is 4.38. The lowest BCUT2D eigenvalue weighted by Crippen LogP contribution is -2.08. The van der Waals surface area contributed by atoms with Crippen LogP contribution >= 0.6 is 22.7 Å². The average molecular weight is 235 g/mol. The Bertz CT molecular complexity index is 499. The minimum atomic E-state index is 0.217. The van der Waals surface area contributed by atoms with Gasteiger partial charge in [-0.2, -0.15) is 11.3 Å². The second-order valence-electron chi connectivity index (χ2n) is 3.58. The molecule has 2 aromatic rings. The van der Waals surface area contributed by atoms with E-state index in [2.05, 4.69) is 16.4 Å². The Labute approximate surface area is 95.6 Å². The molecule has 0 radical (unpaired) electrons. The number of carbonyl (C=O) groups is 1. The van der Waals surface area contributed by atoms with Gasteiger partial charge in [-0.05, 0) is 24.3 Å². The lowest BCUT2D eigenvalue weighted by Gasteiger charge is -2.06. The molecule has 0 amide bonds. The highest BCUT2D eigenvalue weighted by Gasteiger charge is 2.22. The van der Waals surface area contributed by atoms with E-state index in [4.69, 9.17) is 0 Å². The first-order valence-electron chi connectivity index (χ1n) is 4.90. The summed E-state index contributed by atoms with van der Waals surface area (Å²) in [4.78, 5) is 17.2. The van der Waals surface area contributed by atoms with Crippen LogP contribution in [0.1, 0.15) is 28.2 Å². The van der Waals surface area contributed by atoms with E-state index in [1.807, 2.05) is 5.38 Å². The third kappa shape index (κ3) is 1.54. The Morgan fingerprint density at radius 1 is 1.33 bits per heavy atom. The standard InChI is InChI=1S/C11H9NOS2/c13-8-2-1-3-9-10(8)12-11(15-9)7-4-5-14-6-7/h4-6H,1-3H2. The highest BCUT2D eigenvalue weighted by Crippen LogP contribution is 2.33. The summed E-state index contributed by atoms with van der Waals surface area (Å²) in [5, 5.41) is 5.11. The molecule has 0 N–H and O–H groups in total. The van der Waals surface area contributed by atoms with E-state index in [-0.39, 0.29) is 5.78 Å². The van der Waals surface area contributed by atoms with Crippen molar-refractivity contribution in [2.45, 2.75) is 19.3 Å². The van der Waals surface area contributed by atoms with Crippen LogP contribution in [0.15, 0.2) is 16.8 Å². The molecule has 0 unspecified atom stereocenters. The van der Waals surface area contributed by atoms with E-state index in [9.17, 15) is 4.79 Å². The zero-order valence-electron chi connectivity index (χ0n) is 8.03. The second kappa shape index (κ2) is 3.54. The number of hydrogen-bond donors (Lipinski definition) is 0. The molecule has 0 aliphatic heterocycles. The molecule has 0 atom stereocenters. The SMILES string of the molecule is O=C1CCCc2sc(-c3ccsc3)nc21. The van der Waals surface area contributed by atoms with Gasteiger partial charge in [0.05, 0.1) is 0 Å². The predicted octanol–water partition coefficient (Wildman–Crippen LogP) is 3.39. The molecule has 0 spiro atoms. The molecule has 1 aliphatic rings. The number of ketones is 1. The van der Waals surface area contributed by atoms with Crippen LogP contribution in [0.3, 0.4) is 0 Å². The molecule has 2 aromatic heterocycles. The van der Waals surface area contributed by atoms with Gasteiger partial charge in [0.1, 0.15) is 10.7 Å². The van der Waals surface area contributed by atoms with Crippen LogP contribution in [0.5, 0.6) is 0 Å². The molecule has 0 fully saturated rings. The molecule has 2 heterocycles. The van der Waals surface area contributed by atoms with Gasteiger partial charge in [0.15, 0.2) is 5.78 Å². The van der Waals surface area contributed by atoms with E-state index < -0.39 is 0 Å². The molecule has 0 saturated heterocycles. The molecule has 76 valence electrons. The lowest BCUT2D eigenvalue weighted by molar-refractivity contribution is 0.0968. The quantitative estimate of drug-likeness (QED) is 0.758. The van der Waals surface area contributed by atoms with E-state index >= 15 is 0 Å². The van der Waals surface area contributed by atoms with Crippen LogP contribution in [-0.2, 0) is 6.42 Å². The summed E-state index contributed by atoms with van der Waals surface area (Å²) in [5.41, 5.74) is 1.87. The number of hydrogen-bond acceptors (Lipinski definition) is 4. The summed E-state index contributed by atoms with van der Waals surface area (Å²) < 4.78 is 0. The van der Waals surface area contributed by atoms with Gasteiger partial charge in [-0.3, -0.25) is 4.79 Å². The number of aryl methyl sites for hydroxylation is 1.